The first-order valence-electron chi connectivity index (χ1n) is 5.24. The molecule has 5 nitrogen and oxygen atoms in total. The molecule has 0 aromatic heterocycles. The van der Waals surface area contributed by atoms with E-state index in [1.54, 1.807) is 0 Å². The number of carbonyl (C=O) groups is 1. The minimum absolute atomic E-state index is 0.115. The standard InChI is InChI=1S/C9H20N2O3Si/c1-9(2,3)14-8(13)11-7-4-10-15(5-7)6-12/h7,10,12,15H,4-6H2,1-3H3,(H,11,13)/t7-,15+/m1/s1. The lowest BCUT2D eigenvalue weighted by molar-refractivity contribution is 0.0511. The zero-order valence-electron chi connectivity index (χ0n) is 9.54. The van der Waals surface area contributed by atoms with E-state index in [0.29, 0.717) is 0 Å². The van der Waals surface area contributed by atoms with Crippen LogP contribution in [-0.2, 0) is 4.74 Å². The molecule has 0 saturated carbocycles. The van der Waals surface area contributed by atoms with Gasteiger partial charge in [0.15, 0.2) is 0 Å². The molecule has 0 unspecified atom stereocenters. The number of rotatable bonds is 2. The highest BCUT2D eigenvalue weighted by molar-refractivity contribution is 6.57. The van der Waals surface area contributed by atoms with Crippen LogP contribution in [0.4, 0.5) is 4.79 Å². The Balaban J connectivity index is 2.28. The molecule has 0 spiro atoms. The minimum Gasteiger partial charge on any atom is -0.444 e. The summed E-state index contributed by atoms with van der Waals surface area (Å²) >= 11 is 0. The van der Waals surface area contributed by atoms with Crippen molar-refractivity contribution in [1.29, 1.82) is 0 Å². The summed E-state index contributed by atoms with van der Waals surface area (Å²) in [6, 6.07) is 0.999. The van der Waals surface area contributed by atoms with E-state index in [0.717, 1.165) is 12.6 Å². The predicted molar refractivity (Wildman–Crippen MR) is 60.2 cm³/mol. The van der Waals surface area contributed by atoms with E-state index < -0.39 is 14.6 Å². The molecule has 1 aliphatic heterocycles. The zero-order chi connectivity index (χ0) is 11.5. The topological polar surface area (TPSA) is 70.6 Å². The number of aliphatic hydroxyl groups excluding tert-OH is 1. The molecule has 15 heavy (non-hydrogen) atoms. The number of alkyl carbamates (subject to hydrolysis) is 1. The first-order valence-corrected chi connectivity index (χ1v) is 7.45. The van der Waals surface area contributed by atoms with Gasteiger partial charge in [-0.25, -0.2) is 4.79 Å². The Morgan fingerprint density at radius 3 is 2.80 bits per heavy atom. The van der Waals surface area contributed by atoms with Crippen molar-refractivity contribution < 1.29 is 14.6 Å². The van der Waals surface area contributed by atoms with Crippen molar-refractivity contribution in [2.75, 3.05) is 12.8 Å². The van der Waals surface area contributed by atoms with Gasteiger partial charge in [-0.3, -0.25) is 0 Å². The van der Waals surface area contributed by atoms with Gasteiger partial charge < -0.3 is 20.1 Å². The van der Waals surface area contributed by atoms with Gasteiger partial charge in [0, 0.05) is 18.8 Å². The third kappa shape index (κ3) is 4.63. The summed E-state index contributed by atoms with van der Waals surface area (Å²) in [5, 5.41) is 11.8. The van der Waals surface area contributed by atoms with Crippen LogP contribution in [0.25, 0.3) is 0 Å². The Labute approximate surface area is 91.9 Å². The number of nitrogens with one attached hydrogen (secondary N) is 2. The summed E-state index contributed by atoms with van der Waals surface area (Å²) < 4.78 is 5.14. The maximum absolute atomic E-state index is 11.4. The molecule has 1 heterocycles. The lowest BCUT2D eigenvalue weighted by atomic mass is 10.2. The van der Waals surface area contributed by atoms with Crippen molar-refractivity contribution in [2.24, 2.45) is 0 Å². The maximum Gasteiger partial charge on any atom is 0.407 e. The average molecular weight is 232 g/mol. The van der Waals surface area contributed by atoms with Crippen molar-refractivity contribution in [3.63, 3.8) is 0 Å². The Bertz CT molecular complexity index is 230. The third-order valence-electron chi connectivity index (χ3n) is 2.16. The van der Waals surface area contributed by atoms with Gasteiger partial charge >= 0.3 is 6.09 Å². The van der Waals surface area contributed by atoms with Crippen LogP contribution in [0.5, 0.6) is 0 Å². The van der Waals surface area contributed by atoms with Gasteiger partial charge in [0.2, 0.25) is 0 Å². The van der Waals surface area contributed by atoms with Crippen LogP contribution in [0, 0.1) is 0 Å². The fraction of sp³-hybridized carbons (Fsp3) is 0.889. The summed E-state index contributed by atoms with van der Waals surface area (Å²) in [6.45, 7) is 6.26. The fourth-order valence-electron chi connectivity index (χ4n) is 1.54. The van der Waals surface area contributed by atoms with E-state index in [1.165, 1.54) is 0 Å². The molecule has 0 aromatic carbocycles. The summed E-state index contributed by atoms with van der Waals surface area (Å²) in [5.41, 5.74) is -0.454. The number of aliphatic hydroxyl groups is 1. The lowest BCUT2D eigenvalue weighted by Crippen LogP contribution is -2.39. The molecule has 0 aromatic rings. The molecular formula is C9H20N2O3Si. The Kier molecular flexibility index (Phi) is 4.12. The summed E-state index contributed by atoms with van der Waals surface area (Å²) in [7, 11) is -1.19. The van der Waals surface area contributed by atoms with Crippen molar-refractivity contribution >= 4 is 15.1 Å². The Morgan fingerprint density at radius 2 is 2.33 bits per heavy atom. The van der Waals surface area contributed by atoms with Crippen molar-refractivity contribution in [3.8, 4) is 0 Å². The van der Waals surface area contributed by atoms with E-state index in [9.17, 15) is 4.79 Å². The van der Waals surface area contributed by atoms with Crippen LogP contribution < -0.4 is 10.3 Å². The van der Waals surface area contributed by atoms with E-state index in [1.807, 2.05) is 20.8 Å². The van der Waals surface area contributed by atoms with E-state index >= 15 is 0 Å². The number of hydrogen-bond acceptors (Lipinski definition) is 4. The first-order chi connectivity index (χ1) is 6.90. The second-order valence-corrected chi connectivity index (χ2v) is 7.51. The van der Waals surface area contributed by atoms with Gasteiger partial charge in [0.05, 0.1) is 0 Å². The highest BCUT2D eigenvalue weighted by Crippen LogP contribution is 2.09. The normalized spacial score (nSPS) is 26.4. The summed E-state index contributed by atoms with van der Waals surface area (Å²) in [5.74, 6) is 0. The monoisotopic (exact) mass is 232 g/mol. The highest BCUT2D eigenvalue weighted by atomic mass is 28.3. The molecule has 1 amide bonds. The van der Waals surface area contributed by atoms with Crippen LogP contribution in [0.1, 0.15) is 20.8 Å². The smallest absolute Gasteiger partial charge is 0.407 e. The molecule has 1 aliphatic rings. The van der Waals surface area contributed by atoms with Gasteiger partial charge in [-0.05, 0) is 26.8 Å². The molecule has 0 bridgehead atoms. The van der Waals surface area contributed by atoms with Gasteiger partial charge in [-0.1, -0.05) is 0 Å². The molecule has 0 aliphatic carbocycles. The summed E-state index contributed by atoms with van der Waals surface area (Å²) in [4.78, 5) is 14.6. The predicted octanol–water partition coefficient (Wildman–Crippen LogP) is -0.262. The minimum atomic E-state index is -1.19. The summed E-state index contributed by atoms with van der Waals surface area (Å²) in [6.07, 6.45) is -0.131. The molecular weight excluding hydrogens is 212 g/mol. The molecule has 1 saturated heterocycles. The molecule has 2 atom stereocenters. The number of hydrogen-bond donors (Lipinski definition) is 3. The average Bonchev–Trinajstić information content (AvgIpc) is 2.48. The second-order valence-electron chi connectivity index (χ2n) is 4.87. The number of ether oxygens (including phenoxy) is 1. The van der Waals surface area contributed by atoms with Gasteiger partial charge in [0.25, 0.3) is 0 Å². The molecule has 0 radical (unpaired) electrons. The molecule has 6 heteroatoms. The Morgan fingerprint density at radius 1 is 1.67 bits per heavy atom. The van der Waals surface area contributed by atoms with Crippen LogP contribution >= 0.6 is 0 Å². The fourth-order valence-corrected chi connectivity index (χ4v) is 3.58. The van der Waals surface area contributed by atoms with Crippen LogP contribution in [-0.4, -0.2) is 44.6 Å². The number of carbonyl (C=O) groups excluding carboxylic acids is 1. The van der Waals surface area contributed by atoms with Crippen LogP contribution in [0.2, 0.25) is 6.04 Å². The second kappa shape index (κ2) is 4.96. The number of amides is 1. The highest BCUT2D eigenvalue weighted by Gasteiger charge is 2.27. The third-order valence-corrected chi connectivity index (χ3v) is 4.56. The van der Waals surface area contributed by atoms with Crippen molar-refractivity contribution in [2.45, 2.75) is 38.5 Å². The van der Waals surface area contributed by atoms with Gasteiger partial charge in [-0.15, -0.1) is 0 Å². The lowest BCUT2D eigenvalue weighted by Gasteiger charge is -2.21. The molecule has 1 rings (SSSR count). The van der Waals surface area contributed by atoms with Gasteiger partial charge in [-0.2, -0.15) is 0 Å². The SMILES string of the molecule is CC(C)(C)OC(=O)N[C@@H]1CN[Si@H](CO)C1. The van der Waals surface area contributed by atoms with Gasteiger partial charge in [0.1, 0.15) is 14.6 Å². The molecule has 88 valence electrons. The maximum atomic E-state index is 11.4. The largest absolute Gasteiger partial charge is 0.444 e. The van der Waals surface area contributed by atoms with E-state index in [2.05, 4.69) is 10.3 Å². The van der Waals surface area contributed by atoms with E-state index in [4.69, 9.17) is 9.84 Å². The van der Waals surface area contributed by atoms with Crippen molar-refractivity contribution in [1.82, 2.24) is 10.3 Å². The van der Waals surface area contributed by atoms with E-state index in [-0.39, 0.29) is 18.4 Å². The van der Waals surface area contributed by atoms with Crippen LogP contribution in [0.15, 0.2) is 0 Å². The quantitative estimate of drug-likeness (QED) is 0.574. The molecule has 3 N–H and O–H groups in total. The zero-order valence-corrected chi connectivity index (χ0v) is 10.7. The van der Waals surface area contributed by atoms with Crippen molar-refractivity contribution in [3.05, 3.63) is 0 Å². The Hall–Kier alpha value is -0.593. The van der Waals surface area contributed by atoms with Crippen LogP contribution in [0.3, 0.4) is 0 Å². The first kappa shape index (κ1) is 12.5. The molecule has 1 fully saturated rings.